The molecule has 4 nitrogen and oxygen atoms in total. The summed E-state index contributed by atoms with van der Waals surface area (Å²) in [5.74, 6) is -1.82. The van der Waals surface area contributed by atoms with Crippen LogP contribution in [0.15, 0.2) is 12.2 Å². The smallest absolute Gasteiger partial charge is 0.330 e. The molecular formula is C13H19O4-. The van der Waals surface area contributed by atoms with Gasteiger partial charge in [0.05, 0.1) is 6.61 Å². The molecule has 0 spiro atoms. The molecule has 0 N–H and O–H groups in total. The first-order valence-electron chi connectivity index (χ1n) is 5.82. The largest absolute Gasteiger partial charge is 0.550 e. The second-order valence-corrected chi connectivity index (χ2v) is 5.53. The Morgan fingerprint density at radius 2 is 2.00 bits per heavy atom. The first kappa shape index (κ1) is 13.7. The fraction of sp³-hybridized carbons (Fsp3) is 0.692. The lowest BCUT2D eigenvalue weighted by atomic mass is 10.1. The number of carbonyl (C=O) groups excluding carboxylic acids is 2. The van der Waals surface area contributed by atoms with Crippen molar-refractivity contribution < 1.29 is 19.4 Å². The second kappa shape index (κ2) is 4.90. The number of ether oxygens (including phenoxy) is 1. The molecule has 2 atom stereocenters. The molecule has 0 radical (unpaired) electrons. The van der Waals surface area contributed by atoms with Crippen LogP contribution in [0.1, 0.15) is 27.7 Å². The molecular weight excluding hydrogens is 220 g/mol. The third-order valence-corrected chi connectivity index (χ3v) is 3.16. The maximum Gasteiger partial charge on any atom is 0.330 e. The van der Waals surface area contributed by atoms with E-state index >= 15 is 0 Å². The Morgan fingerprint density at radius 3 is 2.41 bits per heavy atom. The van der Waals surface area contributed by atoms with Gasteiger partial charge in [-0.1, -0.05) is 33.8 Å². The SMILES string of the molecule is CC(C)COC(=O)C=CC1C(C(=O)[O-])C1(C)C. The maximum atomic E-state index is 11.3. The maximum absolute atomic E-state index is 11.3. The van der Waals surface area contributed by atoms with E-state index in [1.165, 1.54) is 6.08 Å². The molecule has 0 heterocycles. The van der Waals surface area contributed by atoms with E-state index in [4.69, 9.17) is 4.74 Å². The Labute approximate surface area is 102 Å². The van der Waals surface area contributed by atoms with Crippen LogP contribution in [0, 0.1) is 23.2 Å². The summed E-state index contributed by atoms with van der Waals surface area (Å²) in [4.78, 5) is 22.1. The Kier molecular flexibility index (Phi) is 3.96. The molecule has 1 rings (SSSR count). The zero-order valence-electron chi connectivity index (χ0n) is 10.7. The van der Waals surface area contributed by atoms with Crippen molar-refractivity contribution in [3.8, 4) is 0 Å². The standard InChI is InChI=1S/C13H20O4/c1-8(2)7-17-10(14)6-5-9-11(12(15)16)13(9,3)4/h5-6,8-9,11H,7H2,1-4H3,(H,15,16)/p-1. The van der Waals surface area contributed by atoms with Crippen LogP contribution < -0.4 is 5.11 Å². The lowest BCUT2D eigenvalue weighted by molar-refractivity contribution is -0.309. The van der Waals surface area contributed by atoms with Crippen molar-refractivity contribution in [2.24, 2.45) is 23.2 Å². The second-order valence-electron chi connectivity index (χ2n) is 5.53. The van der Waals surface area contributed by atoms with Gasteiger partial charge >= 0.3 is 5.97 Å². The van der Waals surface area contributed by atoms with Gasteiger partial charge in [0.2, 0.25) is 0 Å². The minimum absolute atomic E-state index is 0.140. The van der Waals surface area contributed by atoms with Crippen molar-refractivity contribution in [2.45, 2.75) is 27.7 Å². The van der Waals surface area contributed by atoms with Gasteiger partial charge in [-0.3, -0.25) is 0 Å². The Hall–Kier alpha value is -1.32. The van der Waals surface area contributed by atoms with Gasteiger partial charge in [-0.2, -0.15) is 0 Å². The van der Waals surface area contributed by atoms with E-state index in [2.05, 4.69) is 0 Å². The van der Waals surface area contributed by atoms with Crippen molar-refractivity contribution in [2.75, 3.05) is 6.61 Å². The van der Waals surface area contributed by atoms with Crippen LogP contribution in [0.25, 0.3) is 0 Å². The van der Waals surface area contributed by atoms with Crippen molar-refractivity contribution >= 4 is 11.9 Å². The third-order valence-electron chi connectivity index (χ3n) is 3.16. The number of aliphatic carboxylic acids is 1. The minimum Gasteiger partial charge on any atom is -0.550 e. The summed E-state index contributed by atoms with van der Waals surface area (Å²) in [5.41, 5.74) is -0.326. The fourth-order valence-corrected chi connectivity index (χ4v) is 1.97. The highest BCUT2D eigenvalue weighted by Crippen LogP contribution is 2.58. The number of carbonyl (C=O) groups is 2. The number of carboxylic acid groups (broad SMARTS) is 1. The number of allylic oxidation sites excluding steroid dienone is 1. The van der Waals surface area contributed by atoms with Crippen LogP contribution >= 0.6 is 0 Å². The van der Waals surface area contributed by atoms with Crippen molar-refractivity contribution in [3.05, 3.63) is 12.2 Å². The molecule has 0 aliphatic heterocycles. The summed E-state index contributed by atoms with van der Waals surface area (Å²) in [6, 6.07) is 0. The third kappa shape index (κ3) is 3.32. The lowest BCUT2D eigenvalue weighted by Gasteiger charge is -2.03. The predicted octanol–water partition coefficient (Wildman–Crippen LogP) is 0.764. The lowest BCUT2D eigenvalue weighted by Crippen LogP contribution is -2.26. The fourth-order valence-electron chi connectivity index (χ4n) is 1.97. The van der Waals surface area contributed by atoms with E-state index in [1.807, 2.05) is 27.7 Å². The molecule has 2 unspecified atom stereocenters. The quantitative estimate of drug-likeness (QED) is 0.525. The van der Waals surface area contributed by atoms with Crippen LogP contribution in [0.5, 0.6) is 0 Å². The van der Waals surface area contributed by atoms with Gasteiger partial charge in [0, 0.05) is 18.0 Å². The molecule has 0 aromatic rings. The Balaban J connectivity index is 2.45. The van der Waals surface area contributed by atoms with Gasteiger partial charge in [-0.05, 0) is 17.3 Å². The topological polar surface area (TPSA) is 66.4 Å². The van der Waals surface area contributed by atoms with Crippen LogP contribution in [-0.4, -0.2) is 18.5 Å². The van der Waals surface area contributed by atoms with Crippen LogP contribution in [-0.2, 0) is 14.3 Å². The highest BCUT2D eigenvalue weighted by Gasteiger charge is 2.56. The molecule has 1 fully saturated rings. The minimum atomic E-state index is -1.06. The van der Waals surface area contributed by atoms with Gasteiger partial charge in [0.1, 0.15) is 0 Å². The van der Waals surface area contributed by atoms with Crippen molar-refractivity contribution in [1.29, 1.82) is 0 Å². The summed E-state index contributed by atoms with van der Waals surface area (Å²) < 4.78 is 4.96. The van der Waals surface area contributed by atoms with Gasteiger partial charge in [-0.15, -0.1) is 0 Å². The van der Waals surface area contributed by atoms with E-state index in [9.17, 15) is 14.7 Å². The molecule has 1 saturated carbocycles. The number of hydrogen-bond acceptors (Lipinski definition) is 4. The Bertz CT molecular complexity index is 341. The summed E-state index contributed by atoms with van der Waals surface area (Å²) in [6.07, 6.45) is 2.93. The summed E-state index contributed by atoms with van der Waals surface area (Å²) in [5, 5.41) is 10.8. The van der Waals surface area contributed by atoms with Crippen molar-refractivity contribution in [1.82, 2.24) is 0 Å². The van der Waals surface area contributed by atoms with Crippen LogP contribution in [0.4, 0.5) is 0 Å². The zero-order chi connectivity index (χ0) is 13.2. The molecule has 0 aromatic carbocycles. The molecule has 0 saturated heterocycles. The van der Waals surface area contributed by atoms with Crippen LogP contribution in [0.3, 0.4) is 0 Å². The molecule has 96 valence electrons. The summed E-state index contributed by atoms with van der Waals surface area (Å²) >= 11 is 0. The molecule has 0 amide bonds. The average Bonchev–Trinajstić information content (AvgIpc) is 2.74. The molecule has 1 aliphatic carbocycles. The van der Waals surface area contributed by atoms with Crippen LogP contribution in [0.2, 0.25) is 0 Å². The van der Waals surface area contributed by atoms with Gasteiger partial charge in [0.25, 0.3) is 0 Å². The number of rotatable bonds is 5. The van der Waals surface area contributed by atoms with Gasteiger partial charge < -0.3 is 14.6 Å². The molecule has 4 heteroatoms. The monoisotopic (exact) mass is 239 g/mol. The molecule has 0 aromatic heterocycles. The number of hydrogen-bond donors (Lipinski definition) is 0. The average molecular weight is 239 g/mol. The van der Waals surface area contributed by atoms with E-state index in [0.29, 0.717) is 12.5 Å². The predicted molar refractivity (Wildman–Crippen MR) is 60.7 cm³/mol. The first-order chi connectivity index (χ1) is 7.76. The van der Waals surface area contributed by atoms with Gasteiger partial charge in [0.15, 0.2) is 0 Å². The molecule has 17 heavy (non-hydrogen) atoms. The van der Waals surface area contributed by atoms with Gasteiger partial charge in [-0.25, -0.2) is 4.79 Å². The molecule has 0 bridgehead atoms. The normalized spacial score (nSPS) is 26.2. The van der Waals surface area contributed by atoms with Crippen molar-refractivity contribution in [3.63, 3.8) is 0 Å². The van der Waals surface area contributed by atoms with E-state index in [0.717, 1.165) is 0 Å². The number of carboxylic acids is 1. The zero-order valence-corrected chi connectivity index (χ0v) is 10.7. The summed E-state index contributed by atoms with van der Waals surface area (Å²) in [7, 11) is 0. The summed E-state index contributed by atoms with van der Waals surface area (Å²) in [6.45, 7) is 7.98. The van der Waals surface area contributed by atoms with E-state index in [-0.39, 0.29) is 11.3 Å². The highest BCUT2D eigenvalue weighted by molar-refractivity contribution is 5.82. The van der Waals surface area contributed by atoms with E-state index < -0.39 is 17.9 Å². The first-order valence-corrected chi connectivity index (χ1v) is 5.82. The number of esters is 1. The molecule has 1 aliphatic rings. The van der Waals surface area contributed by atoms with E-state index in [1.54, 1.807) is 6.08 Å². The highest BCUT2D eigenvalue weighted by atomic mass is 16.5. The Morgan fingerprint density at radius 1 is 1.41 bits per heavy atom.